The van der Waals surface area contributed by atoms with Gasteiger partial charge < -0.3 is 14.1 Å². The maximum absolute atomic E-state index is 11.8. The fraction of sp³-hybridized carbons (Fsp3) is 0.414. The fourth-order valence-electron chi connectivity index (χ4n) is 5.69. The molecule has 11 heteroatoms. The summed E-state index contributed by atoms with van der Waals surface area (Å²) in [4.78, 5) is 36.2. The summed E-state index contributed by atoms with van der Waals surface area (Å²) in [5.74, 6) is 2.22. The van der Waals surface area contributed by atoms with E-state index in [1.807, 2.05) is 49.4 Å². The van der Waals surface area contributed by atoms with Gasteiger partial charge in [0, 0.05) is 30.4 Å². The number of halogens is 1. The van der Waals surface area contributed by atoms with E-state index in [0.717, 1.165) is 42.1 Å². The number of fused-ring (bicyclic) bond motifs is 1. The van der Waals surface area contributed by atoms with Crippen molar-refractivity contribution in [1.29, 1.82) is 0 Å². The lowest BCUT2D eigenvalue weighted by molar-refractivity contribution is 0.0241. The molecule has 0 spiro atoms. The molecule has 10 nitrogen and oxygen atoms in total. The number of carbonyl (C=O) groups excluding carboxylic acids is 1. The maximum Gasteiger partial charge on any atom is 0.427 e. The average Bonchev–Trinajstić information content (AvgIpc) is 3.57. The van der Waals surface area contributed by atoms with E-state index in [0.29, 0.717) is 33.9 Å². The Hall–Kier alpha value is -3.60. The number of hydroxylamine groups is 1. The standard InChI is InChI=1S/C29H32ClN7O3/c1-17-10-12-18(13-11-17)16-37-23-22(19-7-6-8-20(30)15-19)32-25(26-35-28(38)40-36-26)33-24(23)34-27(37)29(2,39-3)21-9-4-5-14-31-21/h4-9,14-15,17-18,26,36H,10-13,16H2,1-3H3,(H,35,38). The zero-order chi connectivity index (χ0) is 27.9. The van der Waals surface area contributed by atoms with Crippen LogP contribution in [0.15, 0.2) is 48.7 Å². The number of carbonyl (C=O) groups is 1. The molecule has 2 N–H and O–H groups in total. The largest absolute Gasteiger partial charge is 0.427 e. The van der Waals surface area contributed by atoms with Crippen molar-refractivity contribution in [3.8, 4) is 11.3 Å². The Labute approximate surface area is 237 Å². The van der Waals surface area contributed by atoms with E-state index < -0.39 is 17.9 Å². The van der Waals surface area contributed by atoms with Crippen LogP contribution in [0.25, 0.3) is 22.4 Å². The Morgan fingerprint density at radius 1 is 1.12 bits per heavy atom. The molecule has 1 saturated carbocycles. The molecule has 1 saturated heterocycles. The average molecular weight is 562 g/mol. The molecule has 4 aromatic rings. The van der Waals surface area contributed by atoms with E-state index in [9.17, 15) is 4.79 Å². The molecule has 1 aromatic carbocycles. The van der Waals surface area contributed by atoms with Crippen LogP contribution in [0.4, 0.5) is 4.79 Å². The lowest BCUT2D eigenvalue weighted by Crippen LogP contribution is -2.32. The number of nitrogens with one attached hydrogen (secondary N) is 2. The van der Waals surface area contributed by atoms with E-state index in [4.69, 9.17) is 36.1 Å². The third kappa shape index (κ3) is 4.91. The number of benzene rings is 1. The number of imidazole rings is 1. The van der Waals surface area contributed by atoms with Crippen LogP contribution in [-0.2, 0) is 21.7 Å². The Bertz CT molecular complexity index is 1540. The number of rotatable bonds is 7. The number of ether oxygens (including phenoxy) is 1. The first kappa shape index (κ1) is 26.6. The molecular formula is C29H32ClN7O3. The van der Waals surface area contributed by atoms with Crippen LogP contribution in [0.1, 0.15) is 63.0 Å². The smallest absolute Gasteiger partial charge is 0.364 e. The first-order chi connectivity index (χ1) is 19.4. The molecule has 208 valence electrons. The van der Waals surface area contributed by atoms with Crippen LogP contribution in [0.2, 0.25) is 5.02 Å². The van der Waals surface area contributed by atoms with Gasteiger partial charge in [0.25, 0.3) is 0 Å². The molecule has 40 heavy (non-hydrogen) atoms. The Kier molecular flexibility index (Phi) is 7.16. The van der Waals surface area contributed by atoms with Crippen LogP contribution < -0.4 is 10.8 Å². The van der Waals surface area contributed by atoms with Crippen LogP contribution in [0, 0.1) is 11.8 Å². The topological polar surface area (TPSA) is 116 Å². The van der Waals surface area contributed by atoms with Gasteiger partial charge in [-0.3, -0.25) is 10.3 Å². The minimum absolute atomic E-state index is 0.327. The van der Waals surface area contributed by atoms with Gasteiger partial charge in [-0.05, 0) is 55.9 Å². The van der Waals surface area contributed by atoms with E-state index in [1.54, 1.807) is 13.3 Å². The second kappa shape index (κ2) is 10.8. The molecule has 1 aliphatic carbocycles. The summed E-state index contributed by atoms with van der Waals surface area (Å²) in [7, 11) is 1.67. The van der Waals surface area contributed by atoms with Crippen molar-refractivity contribution in [3.63, 3.8) is 0 Å². The van der Waals surface area contributed by atoms with Gasteiger partial charge in [0.05, 0.1) is 5.69 Å². The Balaban J connectivity index is 1.61. The number of hydrogen-bond donors (Lipinski definition) is 2. The first-order valence-electron chi connectivity index (χ1n) is 13.6. The van der Waals surface area contributed by atoms with Crippen molar-refractivity contribution in [2.24, 2.45) is 11.8 Å². The summed E-state index contributed by atoms with van der Waals surface area (Å²) in [5, 5.41) is 3.28. The van der Waals surface area contributed by atoms with Gasteiger partial charge in [0.1, 0.15) is 17.0 Å². The predicted octanol–water partition coefficient (Wildman–Crippen LogP) is 5.52. The van der Waals surface area contributed by atoms with Crippen LogP contribution in [-0.4, -0.2) is 37.7 Å². The molecule has 1 aliphatic heterocycles. The summed E-state index contributed by atoms with van der Waals surface area (Å²) < 4.78 is 8.40. The third-order valence-corrected chi connectivity index (χ3v) is 8.31. The summed E-state index contributed by atoms with van der Waals surface area (Å²) in [6, 6.07) is 13.3. The highest BCUT2D eigenvalue weighted by Gasteiger charge is 2.38. The molecule has 2 aliphatic rings. The van der Waals surface area contributed by atoms with Gasteiger partial charge in [-0.1, -0.05) is 49.6 Å². The molecule has 0 bridgehead atoms. The number of amides is 1. The Morgan fingerprint density at radius 2 is 1.95 bits per heavy atom. The molecule has 3 aromatic heterocycles. The van der Waals surface area contributed by atoms with Crippen LogP contribution in [0.3, 0.4) is 0 Å². The van der Waals surface area contributed by atoms with E-state index in [1.165, 1.54) is 12.8 Å². The van der Waals surface area contributed by atoms with Gasteiger partial charge >= 0.3 is 6.09 Å². The number of pyridine rings is 1. The van der Waals surface area contributed by atoms with Gasteiger partial charge in [-0.25, -0.2) is 19.7 Å². The minimum Gasteiger partial charge on any atom is -0.364 e. The molecule has 2 atom stereocenters. The molecule has 4 heterocycles. The fourth-order valence-corrected chi connectivity index (χ4v) is 5.88. The van der Waals surface area contributed by atoms with Crippen LogP contribution in [0.5, 0.6) is 0 Å². The van der Waals surface area contributed by atoms with Crippen molar-refractivity contribution >= 4 is 28.9 Å². The van der Waals surface area contributed by atoms with E-state index >= 15 is 0 Å². The molecule has 2 unspecified atom stereocenters. The molecule has 2 fully saturated rings. The van der Waals surface area contributed by atoms with Gasteiger partial charge in [0.2, 0.25) is 0 Å². The van der Waals surface area contributed by atoms with Crippen molar-refractivity contribution in [1.82, 2.24) is 35.3 Å². The third-order valence-electron chi connectivity index (χ3n) is 8.07. The van der Waals surface area contributed by atoms with Gasteiger partial charge in [0.15, 0.2) is 23.2 Å². The monoisotopic (exact) mass is 561 g/mol. The van der Waals surface area contributed by atoms with E-state index in [2.05, 4.69) is 27.3 Å². The summed E-state index contributed by atoms with van der Waals surface area (Å²) in [6.07, 6.45) is 5.09. The minimum atomic E-state index is -0.960. The van der Waals surface area contributed by atoms with E-state index in [-0.39, 0.29) is 0 Å². The number of methoxy groups -OCH3 is 1. The second-order valence-electron chi connectivity index (χ2n) is 10.8. The molecule has 6 rings (SSSR count). The van der Waals surface area contributed by atoms with Crippen LogP contribution >= 0.6 is 11.6 Å². The second-order valence-corrected chi connectivity index (χ2v) is 11.3. The highest BCUT2D eigenvalue weighted by atomic mass is 35.5. The normalized spacial score (nSPS) is 22.6. The zero-order valence-corrected chi connectivity index (χ0v) is 23.5. The quantitative estimate of drug-likeness (QED) is 0.303. The zero-order valence-electron chi connectivity index (χ0n) is 22.7. The lowest BCUT2D eigenvalue weighted by Gasteiger charge is -2.31. The highest BCUT2D eigenvalue weighted by Crippen LogP contribution is 2.39. The van der Waals surface area contributed by atoms with Crippen molar-refractivity contribution in [2.45, 2.75) is 57.8 Å². The van der Waals surface area contributed by atoms with Gasteiger partial charge in [-0.2, -0.15) is 0 Å². The SMILES string of the molecule is COC(C)(c1ccccn1)c1nc2nc(C3NOC(=O)N3)nc(-c3cccc(Cl)c3)c2n1CC1CCC(C)CC1. The van der Waals surface area contributed by atoms with Crippen molar-refractivity contribution in [3.05, 3.63) is 71.0 Å². The molecule has 0 radical (unpaired) electrons. The molecule has 1 amide bonds. The summed E-state index contributed by atoms with van der Waals surface area (Å²) >= 11 is 6.44. The molecular weight excluding hydrogens is 530 g/mol. The summed E-state index contributed by atoms with van der Waals surface area (Å²) in [6.45, 7) is 5.04. The predicted molar refractivity (Wildman–Crippen MR) is 150 cm³/mol. The first-order valence-corrected chi connectivity index (χ1v) is 14.0. The number of hydrogen-bond acceptors (Lipinski definition) is 8. The van der Waals surface area contributed by atoms with Gasteiger partial charge in [-0.15, -0.1) is 5.48 Å². The van der Waals surface area contributed by atoms with Crippen molar-refractivity contribution in [2.75, 3.05) is 7.11 Å². The lowest BCUT2D eigenvalue weighted by atomic mass is 9.83. The highest BCUT2D eigenvalue weighted by molar-refractivity contribution is 6.30. The maximum atomic E-state index is 11.8. The number of nitrogens with zero attached hydrogens (tertiary/aromatic N) is 5. The van der Waals surface area contributed by atoms with Crippen molar-refractivity contribution < 1.29 is 14.4 Å². The number of aromatic nitrogens is 5. The Morgan fingerprint density at radius 3 is 2.62 bits per heavy atom. The summed E-state index contributed by atoms with van der Waals surface area (Å²) in [5.41, 5.74) is 5.18.